The molecule has 1 aliphatic rings. The number of ether oxygens (including phenoxy) is 1. The van der Waals surface area contributed by atoms with Crippen molar-refractivity contribution in [2.45, 2.75) is 32.2 Å². The minimum atomic E-state index is -4.95. The van der Waals surface area contributed by atoms with E-state index in [0.29, 0.717) is 6.61 Å². The Balaban J connectivity index is 2.35. The molecule has 0 N–H and O–H groups in total. The molecule has 7 heteroatoms. The Labute approximate surface area is 84.9 Å². The average molecular weight is 227 g/mol. The Morgan fingerprint density at radius 1 is 1.53 bits per heavy atom. The van der Waals surface area contributed by atoms with E-state index in [1.165, 1.54) is 0 Å². The first kappa shape index (κ1) is 12.3. The van der Waals surface area contributed by atoms with E-state index in [2.05, 4.69) is 4.84 Å². The van der Waals surface area contributed by atoms with Gasteiger partial charge in [-0.2, -0.15) is 13.2 Å². The van der Waals surface area contributed by atoms with E-state index in [0.717, 1.165) is 5.06 Å². The van der Waals surface area contributed by atoms with Crippen LogP contribution in [0.15, 0.2) is 0 Å². The third-order valence-electron chi connectivity index (χ3n) is 2.16. The summed E-state index contributed by atoms with van der Waals surface area (Å²) in [7, 11) is 0. The molecular weight excluding hydrogens is 215 g/mol. The maximum atomic E-state index is 11.8. The van der Waals surface area contributed by atoms with Crippen LogP contribution in [0, 0.1) is 0 Å². The van der Waals surface area contributed by atoms with Crippen molar-refractivity contribution in [3.63, 3.8) is 0 Å². The molecule has 88 valence electrons. The SMILES string of the molecule is CCO[C@H]1CN(OC(=O)C(F)(F)F)[C@H]1C. The Kier molecular flexibility index (Phi) is 3.56. The summed E-state index contributed by atoms with van der Waals surface area (Å²) in [5.41, 5.74) is 0. The maximum Gasteiger partial charge on any atom is 0.492 e. The fourth-order valence-corrected chi connectivity index (χ4v) is 1.23. The molecule has 0 bridgehead atoms. The minimum absolute atomic E-state index is 0.170. The van der Waals surface area contributed by atoms with Gasteiger partial charge in [-0.15, -0.1) is 5.06 Å². The lowest BCUT2D eigenvalue weighted by molar-refractivity contribution is -0.287. The molecule has 1 saturated heterocycles. The van der Waals surface area contributed by atoms with Crippen molar-refractivity contribution < 1.29 is 27.5 Å². The van der Waals surface area contributed by atoms with Crippen LogP contribution < -0.4 is 0 Å². The van der Waals surface area contributed by atoms with Crippen LogP contribution in [-0.2, 0) is 14.4 Å². The number of carbonyl (C=O) groups is 1. The van der Waals surface area contributed by atoms with Gasteiger partial charge in [0.05, 0.1) is 18.7 Å². The van der Waals surface area contributed by atoms with E-state index in [1.54, 1.807) is 13.8 Å². The number of alkyl halides is 3. The van der Waals surface area contributed by atoms with Crippen LogP contribution in [0.1, 0.15) is 13.8 Å². The molecule has 0 aromatic rings. The van der Waals surface area contributed by atoms with Crippen molar-refractivity contribution >= 4 is 5.97 Å². The second-order valence-corrected chi connectivity index (χ2v) is 3.21. The Morgan fingerprint density at radius 3 is 2.53 bits per heavy atom. The highest BCUT2D eigenvalue weighted by Crippen LogP contribution is 2.24. The lowest BCUT2D eigenvalue weighted by atomic mass is 10.1. The molecule has 0 aromatic heterocycles. The monoisotopic (exact) mass is 227 g/mol. The number of hydroxylamine groups is 2. The number of rotatable bonds is 3. The number of halogens is 3. The molecule has 0 radical (unpaired) electrons. The predicted octanol–water partition coefficient (Wildman–Crippen LogP) is 1.12. The zero-order valence-electron chi connectivity index (χ0n) is 8.37. The van der Waals surface area contributed by atoms with Gasteiger partial charge in [-0.05, 0) is 13.8 Å². The summed E-state index contributed by atoms with van der Waals surface area (Å²) in [6, 6.07) is -0.337. The quantitative estimate of drug-likeness (QED) is 0.724. The third-order valence-corrected chi connectivity index (χ3v) is 2.16. The molecule has 1 aliphatic heterocycles. The molecule has 0 saturated carbocycles. The van der Waals surface area contributed by atoms with Gasteiger partial charge in [-0.3, -0.25) is 0 Å². The molecule has 0 unspecified atom stereocenters. The molecule has 0 aromatic carbocycles. The molecular formula is C8H12F3NO3. The lowest BCUT2D eigenvalue weighted by Gasteiger charge is -2.43. The largest absolute Gasteiger partial charge is 0.492 e. The standard InChI is InChI=1S/C8H12F3NO3/c1-3-14-6-4-12(5(6)2)15-7(13)8(9,10)11/h5-6H,3-4H2,1-2H3/t5-,6-/m0/s1. The molecule has 0 amide bonds. The summed E-state index contributed by atoms with van der Waals surface area (Å²) >= 11 is 0. The minimum Gasteiger partial charge on any atom is -0.375 e. The predicted molar refractivity (Wildman–Crippen MR) is 43.7 cm³/mol. The van der Waals surface area contributed by atoms with Crippen LogP contribution in [0.25, 0.3) is 0 Å². The fourth-order valence-electron chi connectivity index (χ4n) is 1.23. The Hall–Kier alpha value is -0.820. The van der Waals surface area contributed by atoms with Crippen LogP contribution in [0.2, 0.25) is 0 Å². The topological polar surface area (TPSA) is 38.8 Å². The molecule has 1 rings (SSSR count). The smallest absolute Gasteiger partial charge is 0.375 e. The van der Waals surface area contributed by atoms with Crippen LogP contribution in [-0.4, -0.2) is 42.5 Å². The Bertz CT molecular complexity index is 244. The fraction of sp³-hybridized carbons (Fsp3) is 0.875. The van der Waals surface area contributed by atoms with Gasteiger partial charge in [0, 0.05) is 6.61 Å². The second-order valence-electron chi connectivity index (χ2n) is 3.21. The van der Waals surface area contributed by atoms with E-state index in [9.17, 15) is 18.0 Å². The zero-order chi connectivity index (χ0) is 11.6. The molecule has 1 heterocycles. The molecule has 4 nitrogen and oxygen atoms in total. The molecule has 0 spiro atoms. The van der Waals surface area contributed by atoms with Gasteiger partial charge in [-0.25, -0.2) is 4.79 Å². The van der Waals surface area contributed by atoms with Crippen molar-refractivity contribution in [1.82, 2.24) is 5.06 Å². The highest BCUT2D eigenvalue weighted by Gasteiger charge is 2.47. The van der Waals surface area contributed by atoms with Crippen molar-refractivity contribution in [3.8, 4) is 0 Å². The van der Waals surface area contributed by atoms with Gasteiger partial charge in [0.25, 0.3) is 0 Å². The summed E-state index contributed by atoms with van der Waals surface area (Å²) in [5, 5.41) is 0.968. The number of carbonyl (C=O) groups excluding carboxylic acids is 1. The van der Waals surface area contributed by atoms with Gasteiger partial charge in [0.15, 0.2) is 0 Å². The lowest BCUT2D eigenvalue weighted by Crippen LogP contribution is -2.60. The van der Waals surface area contributed by atoms with E-state index < -0.39 is 12.1 Å². The summed E-state index contributed by atoms with van der Waals surface area (Å²) in [6.45, 7) is 4.08. The normalized spacial score (nSPS) is 27.3. The molecule has 0 aliphatic carbocycles. The van der Waals surface area contributed by atoms with Crippen molar-refractivity contribution in [1.29, 1.82) is 0 Å². The van der Waals surface area contributed by atoms with E-state index in [-0.39, 0.29) is 18.7 Å². The Morgan fingerprint density at radius 2 is 2.13 bits per heavy atom. The van der Waals surface area contributed by atoms with Crippen molar-refractivity contribution in [2.24, 2.45) is 0 Å². The van der Waals surface area contributed by atoms with Crippen LogP contribution in [0.5, 0.6) is 0 Å². The average Bonchev–Trinajstić information content (AvgIpc) is 2.14. The van der Waals surface area contributed by atoms with Gasteiger partial charge in [0.1, 0.15) is 0 Å². The summed E-state index contributed by atoms with van der Waals surface area (Å²) in [5.74, 6) is -2.19. The summed E-state index contributed by atoms with van der Waals surface area (Å²) < 4.78 is 40.6. The number of nitrogens with zero attached hydrogens (tertiary/aromatic N) is 1. The van der Waals surface area contributed by atoms with E-state index >= 15 is 0 Å². The van der Waals surface area contributed by atoms with Crippen molar-refractivity contribution in [2.75, 3.05) is 13.2 Å². The second kappa shape index (κ2) is 4.36. The van der Waals surface area contributed by atoms with Crippen LogP contribution in [0.4, 0.5) is 13.2 Å². The van der Waals surface area contributed by atoms with Gasteiger partial charge in [-0.1, -0.05) is 0 Å². The number of hydrogen-bond acceptors (Lipinski definition) is 4. The molecule has 1 fully saturated rings. The first-order valence-electron chi connectivity index (χ1n) is 4.53. The summed E-state index contributed by atoms with van der Waals surface area (Å²) in [6.07, 6.45) is -5.12. The molecule has 15 heavy (non-hydrogen) atoms. The third kappa shape index (κ3) is 2.82. The molecule has 2 atom stereocenters. The van der Waals surface area contributed by atoms with Gasteiger partial charge >= 0.3 is 12.1 Å². The van der Waals surface area contributed by atoms with E-state index in [1.807, 2.05) is 0 Å². The van der Waals surface area contributed by atoms with Crippen LogP contribution >= 0.6 is 0 Å². The highest BCUT2D eigenvalue weighted by molar-refractivity contribution is 5.75. The highest BCUT2D eigenvalue weighted by atomic mass is 19.4. The van der Waals surface area contributed by atoms with Gasteiger partial charge in [0.2, 0.25) is 0 Å². The first-order chi connectivity index (χ1) is 6.86. The van der Waals surface area contributed by atoms with Crippen molar-refractivity contribution in [3.05, 3.63) is 0 Å². The van der Waals surface area contributed by atoms with Crippen LogP contribution in [0.3, 0.4) is 0 Å². The zero-order valence-corrected chi connectivity index (χ0v) is 8.37. The first-order valence-corrected chi connectivity index (χ1v) is 4.53. The maximum absolute atomic E-state index is 11.8. The number of hydrogen-bond donors (Lipinski definition) is 0. The van der Waals surface area contributed by atoms with E-state index in [4.69, 9.17) is 4.74 Å². The van der Waals surface area contributed by atoms with Gasteiger partial charge < -0.3 is 9.57 Å². The summed E-state index contributed by atoms with van der Waals surface area (Å²) in [4.78, 5) is 14.6.